The van der Waals surface area contributed by atoms with E-state index in [1.54, 1.807) is 26.1 Å². The van der Waals surface area contributed by atoms with Crippen molar-refractivity contribution in [3.8, 4) is 0 Å². The van der Waals surface area contributed by atoms with Crippen molar-refractivity contribution in [3.05, 3.63) is 29.8 Å². The first-order valence-electron chi connectivity index (χ1n) is 6.46. The van der Waals surface area contributed by atoms with Gasteiger partial charge in [0.15, 0.2) is 0 Å². The van der Waals surface area contributed by atoms with Gasteiger partial charge in [-0.1, -0.05) is 13.0 Å². The lowest BCUT2D eigenvalue weighted by atomic mass is 10.2. The van der Waals surface area contributed by atoms with Crippen molar-refractivity contribution in [1.82, 2.24) is 15.4 Å². The fraction of sp³-hybridized carbons (Fsp3) is 0.462. The monoisotopic (exact) mass is 335 g/mol. The molecule has 3 N–H and O–H groups in total. The lowest BCUT2D eigenvalue weighted by Crippen LogP contribution is -2.37. The molecule has 6 nitrogen and oxygen atoms in total. The second-order valence-corrected chi connectivity index (χ2v) is 6.20. The first-order valence-corrected chi connectivity index (χ1v) is 7.94. The zero-order valence-electron chi connectivity index (χ0n) is 12.3. The third-order valence-corrected chi connectivity index (χ3v) is 4.35. The fourth-order valence-corrected chi connectivity index (χ4v) is 2.61. The van der Waals surface area contributed by atoms with E-state index >= 15 is 0 Å². The van der Waals surface area contributed by atoms with E-state index in [0.717, 1.165) is 0 Å². The number of rotatable bonds is 7. The molecule has 0 saturated carbocycles. The van der Waals surface area contributed by atoms with E-state index in [1.807, 2.05) is 6.92 Å². The van der Waals surface area contributed by atoms with Crippen LogP contribution in [0.1, 0.15) is 24.2 Å². The minimum atomic E-state index is -3.54. The van der Waals surface area contributed by atoms with Gasteiger partial charge in [0.2, 0.25) is 10.0 Å². The predicted octanol–water partition coefficient (Wildman–Crippen LogP) is 0.744. The third kappa shape index (κ3) is 6.01. The molecule has 1 atom stereocenters. The van der Waals surface area contributed by atoms with E-state index in [0.29, 0.717) is 18.7 Å². The maximum Gasteiger partial charge on any atom is 0.251 e. The summed E-state index contributed by atoms with van der Waals surface area (Å²) in [5, 5.41) is 5.75. The number of likely N-dealkylation sites (N-methyl/N-ethyl adjacent to an activating group) is 1. The number of nitrogens with one attached hydrogen (secondary N) is 3. The molecule has 1 rings (SSSR count). The minimum Gasteiger partial charge on any atom is -0.350 e. The number of halogens is 1. The van der Waals surface area contributed by atoms with Gasteiger partial charge in [-0.05, 0) is 32.2 Å². The van der Waals surface area contributed by atoms with E-state index < -0.39 is 10.0 Å². The summed E-state index contributed by atoms with van der Waals surface area (Å²) in [7, 11) is -1.74. The summed E-state index contributed by atoms with van der Waals surface area (Å²) in [5.74, 6) is -0.291. The van der Waals surface area contributed by atoms with Crippen molar-refractivity contribution in [2.75, 3.05) is 20.1 Å². The average molecular weight is 336 g/mol. The number of carbonyl (C=O) groups excluding carboxylic acids is 1. The van der Waals surface area contributed by atoms with Crippen LogP contribution in [-0.2, 0) is 10.0 Å². The van der Waals surface area contributed by atoms with Crippen LogP contribution in [0.25, 0.3) is 0 Å². The van der Waals surface area contributed by atoms with Crippen LogP contribution >= 0.6 is 12.4 Å². The molecule has 0 aliphatic carbocycles. The molecule has 1 unspecified atom stereocenters. The Balaban J connectivity index is 0.00000400. The maximum absolute atomic E-state index is 11.9. The topological polar surface area (TPSA) is 87.3 Å². The highest BCUT2D eigenvalue weighted by molar-refractivity contribution is 7.89. The predicted molar refractivity (Wildman–Crippen MR) is 85.4 cm³/mol. The standard InChI is InChI=1S/C13H21N3O3S.ClH/c1-4-16-20(18,19)12-7-5-6-11(8-12)13(17)15-9-10(2)14-3;/h5-8,10,14,16H,4,9H2,1-3H3,(H,15,17);1H. The van der Waals surface area contributed by atoms with Crippen LogP contribution in [0.5, 0.6) is 0 Å². The Kier molecular flexibility index (Phi) is 8.50. The maximum atomic E-state index is 11.9. The Hall–Kier alpha value is -1.15. The van der Waals surface area contributed by atoms with Crippen molar-refractivity contribution in [2.24, 2.45) is 0 Å². The number of hydrogen-bond donors (Lipinski definition) is 3. The molecule has 21 heavy (non-hydrogen) atoms. The van der Waals surface area contributed by atoms with Gasteiger partial charge in [0.05, 0.1) is 4.90 Å². The first-order chi connectivity index (χ1) is 9.40. The molecule has 0 bridgehead atoms. The van der Waals surface area contributed by atoms with Gasteiger partial charge in [-0.3, -0.25) is 4.79 Å². The third-order valence-electron chi connectivity index (χ3n) is 2.80. The van der Waals surface area contributed by atoms with E-state index in [4.69, 9.17) is 0 Å². The molecule has 1 aromatic carbocycles. The summed E-state index contributed by atoms with van der Waals surface area (Å²) < 4.78 is 26.1. The van der Waals surface area contributed by atoms with Gasteiger partial charge in [-0.25, -0.2) is 13.1 Å². The lowest BCUT2D eigenvalue weighted by molar-refractivity contribution is 0.0950. The average Bonchev–Trinajstić information content (AvgIpc) is 2.44. The number of carbonyl (C=O) groups is 1. The largest absolute Gasteiger partial charge is 0.350 e. The molecule has 0 aromatic heterocycles. The van der Waals surface area contributed by atoms with Crippen LogP contribution in [0.4, 0.5) is 0 Å². The highest BCUT2D eigenvalue weighted by Crippen LogP contribution is 2.11. The van der Waals surface area contributed by atoms with Crippen LogP contribution < -0.4 is 15.4 Å². The summed E-state index contributed by atoms with van der Waals surface area (Å²) in [5.41, 5.74) is 0.326. The van der Waals surface area contributed by atoms with Gasteiger partial charge in [0.25, 0.3) is 5.91 Å². The molecular formula is C13H22ClN3O3S. The second kappa shape index (κ2) is 8.99. The van der Waals surface area contributed by atoms with Crippen LogP contribution in [0, 0.1) is 0 Å². The Morgan fingerprint density at radius 3 is 2.57 bits per heavy atom. The minimum absolute atomic E-state index is 0. The molecule has 0 radical (unpaired) electrons. The fourth-order valence-electron chi connectivity index (χ4n) is 1.53. The highest BCUT2D eigenvalue weighted by Gasteiger charge is 2.15. The molecular weight excluding hydrogens is 314 g/mol. The van der Waals surface area contributed by atoms with E-state index in [1.165, 1.54) is 12.1 Å². The molecule has 0 heterocycles. The zero-order chi connectivity index (χ0) is 15.2. The van der Waals surface area contributed by atoms with Crippen molar-refractivity contribution < 1.29 is 13.2 Å². The number of benzene rings is 1. The first kappa shape index (κ1) is 19.9. The van der Waals surface area contributed by atoms with Gasteiger partial charge in [-0.15, -0.1) is 12.4 Å². The molecule has 8 heteroatoms. The van der Waals surface area contributed by atoms with Gasteiger partial charge in [0.1, 0.15) is 0 Å². The Labute approximate surface area is 132 Å². The Morgan fingerprint density at radius 2 is 2.00 bits per heavy atom. The van der Waals surface area contributed by atoms with Crippen molar-refractivity contribution in [2.45, 2.75) is 24.8 Å². The van der Waals surface area contributed by atoms with Crippen LogP contribution in [-0.4, -0.2) is 40.5 Å². The van der Waals surface area contributed by atoms with E-state index in [-0.39, 0.29) is 29.3 Å². The molecule has 0 fully saturated rings. The molecule has 120 valence electrons. The van der Waals surface area contributed by atoms with Crippen molar-refractivity contribution >= 4 is 28.3 Å². The van der Waals surface area contributed by atoms with E-state index in [2.05, 4.69) is 15.4 Å². The van der Waals surface area contributed by atoms with Crippen molar-refractivity contribution in [3.63, 3.8) is 0 Å². The summed E-state index contributed by atoms with van der Waals surface area (Å²) in [4.78, 5) is 12.0. The van der Waals surface area contributed by atoms with Crippen LogP contribution in [0.15, 0.2) is 29.2 Å². The number of sulfonamides is 1. The van der Waals surface area contributed by atoms with Crippen LogP contribution in [0.3, 0.4) is 0 Å². The Bertz CT molecular complexity index is 564. The summed E-state index contributed by atoms with van der Waals surface area (Å²) in [6.45, 7) is 4.41. The van der Waals surface area contributed by atoms with Gasteiger partial charge in [-0.2, -0.15) is 0 Å². The molecule has 1 aromatic rings. The Morgan fingerprint density at radius 1 is 1.33 bits per heavy atom. The smallest absolute Gasteiger partial charge is 0.251 e. The quantitative estimate of drug-likeness (QED) is 0.686. The number of amides is 1. The van der Waals surface area contributed by atoms with Crippen LogP contribution in [0.2, 0.25) is 0 Å². The summed E-state index contributed by atoms with van der Waals surface area (Å²) in [6, 6.07) is 6.13. The lowest BCUT2D eigenvalue weighted by Gasteiger charge is -2.12. The van der Waals surface area contributed by atoms with Gasteiger partial charge >= 0.3 is 0 Å². The molecule has 0 saturated heterocycles. The number of hydrogen-bond acceptors (Lipinski definition) is 4. The van der Waals surface area contributed by atoms with Crippen molar-refractivity contribution in [1.29, 1.82) is 0 Å². The highest BCUT2D eigenvalue weighted by atomic mass is 35.5. The summed E-state index contributed by atoms with van der Waals surface area (Å²) in [6.07, 6.45) is 0. The zero-order valence-corrected chi connectivity index (χ0v) is 14.0. The van der Waals surface area contributed by atoms with E-state index in [9.17, 15) is 13.2 Å². The van der Waals surface area contributed by atoms with Gasteiger partial charge in [0, 0.05) is 24.7 Å². The van der Waals surface area contributed by atoms with Gasteiger partial charge < -0.3 is 10.6 Å². The normalized spacial score (nSPS) is 12.3. The second-order valence-electron chi connectivity index (χ2n) is 4.43. The molecule has 0 aliphatic rings. The molecule has 0 spiro atoms. The summed E-state index contributed by atoms with van der Waals surface area (Å²) >= 11 is 0. The molecule has 1 amide bonds. The molecule has 0 aliphatic heterocycles. The SMILES string of the molecule is CCNS(=O)(=O)c1cccc(C(=O)NCC(C)NC)c1.Cl.